The number of halogens is 2. The Morgan fingerprint density at radius 3 is 1.70 bits per heavy atom. The van der Waals surface area contributed by atoms with E-state index in [9.17, 15) is 5.26 Å². The monoisotopic (exact) mass is 392 g/mol. The predicted molar refractivity (Wildman–Crippen MR) is 111 cm³/mol. The van der Waals surface area contributed by atoms with Crippen LogP contribution in [0.15, 0.2) is 48.6 Å². The Kier molecular flexibility index (Phi) is 6.02. The van der Waals surface area contributed by atoms with Gasteiger partial charge in [-0.2, -0.15) is 10.5 Å². The molecule has 0 heterocycles. The number of hydrogen-bond donors (Lipinski definition) is 0. The van der Waals surface area contributed by atoms with Crippen LogP contribution in [0.3, 0.4) is 0 Å². The number of hydrogen-bond acceptors (Lipinski definition) is 2. The molecule has 2 aromatic rings. The summed E-state index contributed by atoms with van der Waals surface area (Å²) in [6, 6.07) is 16.2. The first-order chi connectivity index (χ1) is 13.1. The van der Waals surface area contributed by atoms with Crippen LogP contribution in [0, 0.1) is 28.6 Å². The molecule has 0 atom stereocenters. The molecule has 0 unspecified atom stereocenters. The van der Waals surface area contributed by atoms with E-state index in [0.29, 0.717) is 16.5 Å². The predicted octanol–water partition coefficient (Wildman–Crippen LogP) is 6.63. The Hall–Kier alpha value is -2.52. The number of fused-ring (bicyclic) bond motifs is 2. The molecule has 2 aliphatic carbocycles. The van der Waals surface area contributed by atoms with Crippen molar-refractivity contribution in [2.75, 3.05) is 0 Å². The molecule has 0 radical (unpaired) electrons. The Morgan fingerprint density at radius 2 is 1.33 bits per heavy atom. The summed E-state index contributed by atoms with van der Waals surface area (Å²) in [5, 5.41) is 18.9. The largest absolute Gasteiger partial charge is 0.198 e. The average molecular weight is 393 g/mol. The Labute approximate surface area is 170 Å². The number of benzene rings is 2. The number of nitrogens with zero attached hydrogens (tertiary/aromatic N) is 2. The molecule has 4 heteroatoms. The minimum Gasteiger partial charge on any atom is -0.198 e. The Morgan fingerprint density at radius 1 is 0.889 bits per heavy atom. The second-order valence-corrected chi connectivity index (χ2v) is 7.28. The quantitative estimate of drug-likeness (QED) is 0.575. The van der Waals surface area contributed by atoms with E-state index in [-0.39, 0.29) is 5.92 Å². The van der Waals surface area contributed by atoms with Gasteiger partial charge in [0.25, 0.3) is 0 Å². The third-order valence-electron chi connectivity index (χ3n) is 4.76. The van der Waals surface area contributed by atoms with Crippen molar-refractivity contribution in [2.45, 2.75) is 26.2 Å². The summed E-state index contributed by atoms with van der Waals surface area (Å²) in [6.07, 6.45) is 6.64. The van der Waals surface area contributed by atoms with Gasteiger partial charge in [-0.3, -0.25) is 0 Å². The SMILES string of the molecule is CCC#N.N#CC(C1=CCc2ccc(Cl)cc21)C1=CCc2ccc(Cl)cc21. The van der Waals surface area contributed by atoms with Crippen molar-refractivity contribution in [3.63, 3.8) is 0 Å². The van der Waals surface area contributed by atoms with Gasteiger partial charge in [0.1, 0.15) is 0 Å². The zero-order chi connectivity index (χ0) is 19.4. The van der Waals surface area contributed by atoms with Crippen LogP contribution in [-0.2, 0) is 12.8 Å². The van der Waals surface area contributed by atoms with Crippen LogP contribution in [0.4, 0.5) is 0 Å². The zero-order valence-corrected chi connectivity index (χ0v) is 16.5. The first-order valence-electron chi connectivity index (χ1n) is 8.83. The molecule has 2 aromatic carbocycles. The molecule has 2 aliphatic rings. The van der Waals surface area contributed by atoms with Gasteiger partial charge >= 0.3 is 0 Å². The first kappa shape index (κ1) is 19.2. The van der Waals surface area contributed by atoms with Crippen LogP contribution in [0.2, 0.25) is 10.0 Å². The van der Waals surface area contributed by atoms with Crippen molar-refractivity contribution in [3.8, 4) is 12.1 Å². The van der Waals surface area contributed by atoms with Crippen LogP contribution in [0.1, 0.15) is 35.6 Å². The topological polar surface area (TPSA) is 47.6 Å². The van der Waals surface area contributed by atoms with Gasteiger partial charge in [-0.25, -0.2) is 0 Å². The molecule has 2 nitrogen and oxygen atoms in total. The smallest absolute Gasteiger partial charge is 0.0968 e. The molecule has 0 saturated heterocycles. The van der Waals surface area contributed by atoms with E-state index in [1.54, 1.807) is 0 Å². The van der Waals surface area contributed by atoms with Gasteiger partial charge in [-0.15, -0.1) is 0 Å². The summed E-state index contributed by atoms with van der Waals surface area (Å²) < 4.78 is 0. The Bertz CT molecular complexity index is 950. The molecule has 4 rings (SSSR count). The van der Waals surface area contributed by atoms with E-state index in [1.165, 1.54) is 11.1 Å². The lowest BCUT2D eigenvalue weighted by atomic mass is 9.86. The number of allylic oxidation sites excluding steroid dienone is 4. The second kappa shape index (κ2) is 8.45. The summed E-state index contributed by atoms with van der Waals surface area (Å²) in [4.78, 5) is 0. The summed E-state index contributed by atoms with van der Waals surface area (Å²) in [5.41, 5.74) is 6.78. The van der Waals surface area contributed by atoms with E-state index >= 15 is 0 Å². The second-order valence-electron chi connectivity index (χ2n) is 6.40. The summed E-state index contributed by atoms with van der Waals surface area (Å²) in [5.74, 6) is -0.283. The molecule has 27 heavy (non-hydrogen) atoms. The van der Waals surface area contributed by atoms with E-state index in [1.807, 2.05) is 49.4 Å². The number of nitriles is 2. The van der Waals surface area contributed by atoms with Gasteiger partial charge in [-0.1, -0.05) is 54.4 Å². The van der Waals surface area contributed by atoms with Crippen molar-refractivity contribution in [1.29, 1.82) is 10.5 Å². The molecule has 0 N–H and O–H groups in total. The van der Waals surface area contributed by atoms with E-state index < -0.39 is 0 Å². The summed E-state index contributed by atoms with van der Waals surface area (Å²) >= 11 is 12.3. The Balaban J connectivity index is 0.000000481. The first-order valence-corrected chi connectivity index (χ1v) is 9.58. The lowest BCUT2D eigenvalue weighted by Crippen LogP contribution is -2.03. The summed E-state index contributed by atoms with van der Waals surface area (Å²) in [7, 11) is 0. The van der Waals surface area contributed by atoms with Gasteiger partial charge in [0.2, 0.25) is 0 Å². The molecule has 0 amide bonds. The third kappa shape index (κ3) is 3.93. The molecule has 0 aromatic heterocycles. The van der Waals surface area contributed by atoms with Gasteiger partial charge in [0.05, 0.1) is 18.1 Å². The zero-order valence-electron chi connectivity index (χ0n) is 15.0. The molecular weight excluding hydrogens is 375 g/mol. The van der Waals surface area contributed by atoms with Crippen molar-refractivity contribution in [3.05, 3.63) is 80.8 Å². The minimum atomic E-state index is -0.283. The maximum absolute atomic E-state index is 9.84. The van der Waals surface area contributed by atoms with Gasteiger partial charge < -0.3 is 0 Å². The highest BCUT2D eigenvalue weighted by Crippen LogP contribution is 2.43. The molecule has 0 aliphatic heterocycles. The third-order valence-corrected chi connectivity index (χ3v) is 5.23. The molecule has 0 saturated carbocycles. The van der Waals surface area contributed by atoms with Gasteiger partial charge in [0.15, 0.2) is 0 Å². The van der Waals surface area contributed by atoms with Crippen molar-refractivity contribution in [2.24, 2.45) is 5.92 Å². The average Bonchev–Trinajstić information content (AvgIpc) is 3.27. The highest BCUT2D eigenvalue weighted by Gasteiger charge is 2.29. The maximum Gasteiger partial charge on any atom is 0.0968 e. The highest BCUT2D eigenvalue weighted by atomic mass is 35.5. The molecule has 0 fully saturated rings. The van der Waals surface area contributed by atoms with Crippen LogP contribution < -0.4 is 0 Å². The van der Waals surface area contributed by atoms with Crippen molar-refractivity contribution >= 4 is 34.3 Å². The van der Waals surface area contributed by atoms with E-state index in [2.05, 4.69) is 18.2 Å². The van der Waals surface area contributed by atoms with Crippen LogP contribution in [-0.4, -0.2) is 0 Å². The molecule has 0 spiro atoms. The molecule has 134 valence electrons. The maximum atomic E-state index is 9.84. The highest BCUT2D eigenvalue weighted by molar-refractivity contribution is 6.31. The minimum absolute atomic E-state index is 0.283. The van der Waals surface area contributed by atoms with E-state index in [0.717, 1.165) is 35.1 Å². The van der Waals surface area contributed by atoms with Crippen LogP contribution in [0.25, 0.3) is 11.1 Å². The fourth-order valence-corrected chi connectivity index (χ4v) is 3.85. The standard InChI is InChI=1S/C20H13Cl2N.C3H5N/c21-14-5-1-12-3-7-16(18(12)9-14)20(11-23)17-8-4-13-2-6-15(22)10-19(13)17;1-2-3-4/h1-2,5-10,20H,3-4H2;2H2,1H3. The molecular formula is C23H18Cl2N2. The fraction of sp³-hybridized carbons (Fsp3) is 0.217. The summed E-state index contributed by atoms with van der Waals surface area (Å²) in [6.45, 7) is 1.82. The van der Waals surface area contributed by atoms with Gasteiger partial charge in [-0.05, 0) is 70.5 Å². The molecule has 0 bridgehead atoms. The van der Waals surface area contributed by atoms with E-state index in [4.69, 9.17) is 28.5 Å². The van der Waals surface area contributed by atoms with Crippen molar-refractivity contribution in [1.82, 2.24) is 0 Å². The van der Waals surface area contributed by atoms with Crippen LogP contribution in [0.5, 0.6) is 0 Å². The lowest BCUT2D eigenvalue weighted by molar-refractivity contribution is 1.13. The van der Waals surface area contributed by atoms with Gasteiger partial charge in [0, 0.05) is 16.5 Å². The number of rotatable bonds is 2. The normalized spacial score (nSPS) is 13.6. The fourth-order valence-electron chi connectivity index (χ4n) is 3.50. The van der Waals surface area contributed by atoms with Crippen LogP contribution >= 0.6 is 23.2 Å². The van der Waals surface area contributed by atoms with Crippen molar-refractivity contribution < 1.29 is 0 Å². The lowest BCUT2D eigenvalue weighted by Gasteiger charge is -2.16.